The Morgan fingerprint density at radius 1 is 0.404 bits per heavy atom. The van der Waals surface area contributed by atoms with Gasteiger partial charge in [0, 0.05) is 5.41 Å². The summed E-state index contributed by atoms with van der Waals surface area (Å²) in [7, 11) is 5.03. The van der Waals surface area contributed by atoms with Gasteiger partial charge >= 0.3 is 0 Å². The average molecular weight is 793 g/mol. The predicted octanol–water partition coefficient (Wildman–Crippen LogP) is 9.50. The Labute approximate surface area is 342 Å². The van der Waals surface area contributed by atoms with Crippen molar-refractivity contribution in [2.75, 3.05) is 28.4 Å². The highest BCUT2D eigenvalue weighted by Gasteiger charge is 2.59. The SMILES string of the molecule is COc1ccc(P(c2ccc(OC)cc2)c2cc(C)cc3c2C2(CC3(C)C)CC(C)(C)c3cc(C)cc(P(c4ccc(OC)cc4)c4ccc(OC)cc4)c32)cc1. The van der Waals surface area contributed by atoms with Crippen LogP contribution in [0.5, 0.6) is 23.0 Å². The molecule has 8 rings (SSSR count). The Bertz CT molecular complexity index is 2150. The predicted molar refractivity (Wildman–Crippen MR) is 242 cm³/mol. The maximum Gasteiger partial charge on any atom is 0.118 e. The van der Waals surface area contributed by atoms with Gasteiger partial charge in [0.25, 0.3) is 0 Å². The third-order valence-electron chi connectivity index (χ3n) is 12.2. The van der Waals surface area contributed by atoms with E-state index in [1.54, 1.807) is 28.4 Å². The van der Waals surface area contributed by atoms with Crippen LogP contribution in [0.3, 0.4) is 0 Å². The molecule has 57 heavy (non-hydrogen) atoms. The molecular formula is C51H54O4P2. The first-order valence-corrected chi connectivity index (χ1v) is 22.5. The van der Waals surface area contributed by atoms with Gasteiger partial charge in [-0.1, -0.05) is 112 Å². The summed E-state index contributed by atoms with van der Waals surface area (Å²) in [5, 5.41) is 8.14. The molecule has 6 aromatic carbocycles. The normalized spacial score (nSPS) is 15.8. The molecule has 0 unspecified atom stereocenters. The zero-order valence-corrected chi connectivity index (χ0v) is 36.8. The first kappa shape index (κ1) is 39.2. The van der Waals surface area contributed by atoms with E-state index >= 15 is 0 Å². The van der Waals surface area contributed by atoms with Crippen LogP contribution in [-0.2, 0) is 16.2 Å². The highest BCUT2D eigenvalue weighted by atomic mass is 31.1. The lowest BCUT2D eigenvalue weighted by Gasteiger charge is -2.36. The molecule has 0 amide bonds. The van der Waals surface area contributed by atoms with Gasteiger partial charge in [-0.15, -0.1) is 0 Å². The Balaban J connectivity index is 1.46. The van der Waals surface area contributed by atoms with Crippen LogP contribution in [0.4, 0.5) is 0 Å². The number of hydrogen-bond acceptors (Lipinski definition) is 4. The van der Waals surface area contributed by atoms with E-state index in [-0.39, 0.29) is 16.2 Å². The molecule has 0 fully saturated rings. The van der Waals surface area contributed by atoms with Crippen molar-refractivity contribution in [3.05, 3.63) is 155 Å². The first-order chi connectivity index (χ1) is 27.3. The van der Waals surface area contributed by atoms with Gasteiger partial charge in [0.15, 0.2) is 0 Å². The lowest BCUT2D eigenvalue weighted by atomic mass is 9.72. The summed E-state index contributed by atoms with van der Waals surface area (Å²) >= 11 is 0. The minimum absolute atomic E-state index is 0.0558. The summed E-state index contributed by atoms with van der Waals surface area (Å²) in [6.07, 6.45) is 2.09. The molecule has 6 aromatic rings. The van der Waals surface area contributed by atoms with E-state index in [4.69, 9.17) is 18.9 Å². The van der Waals surface area contributed by atoms with Crippen molar-refractivity contribution in [2.45, 2.75) is 70.6 Å². The van der Waals surface area contributed by atoms with Crippen molar-refractivity contribution in [3.8, 4) is 23.0 Å². The molecule has 0 saturated carbocycles. The lowest BCUT2D eigenvalue weighted by molar-refractivity contribution is 0.351. The fourth-order valence-corrected chi connectivity index (χ4v) is 15.3. The number of hydrogen-bond donors (Lipinski definition) is 0. The number of methoxy groups -OCH3 is 4. The van der Waals surface area contributed by atoms with Gasteiger partial charge in [-0.05, 0) is 156 Å². The number of benzene rings is 6. The van der Waals surface area contributed by atoms with Gasteiger partial charge in [-0.3, -0.25) is 0 Å². The third-order valence-corrected chi connectivity index (χ3v) is 17.2. The monoisotopic (exact) mass is 792 g/mol. The van der Waals surface area contributed by atoms with Crippen LogP contribution < -0.4 is 50.8 Å². The van der Waals surface area contributed by atoms with Crippen molar-refractivity contribution >= 4 is 47.7 Å². The largest absolute Gasteiger partial charge is 0.497 e. The molecular weight excluding hydrogens is 739 g/mol. The number of rotatable bonds is 10. The van der Waals surface area contributed by atoms with Gasteiger partial charge in [0.2, 0.25) is 0 Å². The standard InChI is InChI=1S/C51H54O4P2/c1-33-27-43-47(45(29-33)56(39-19-11-35(52-7)12-20-39)40-21-13-36(53-8)14-22-40)51(31-49(43,3)4)32-50(5,6)44-28-34(2)30-46(48(44)51)57(41-23-15-37(54-9)16-24-41)42-25-17-38(55-10)18-26-42/h11-30H,31-32H2,1-10H3. The zero-order valence-electron chi connectivity index (χ0n) is 35.0. The lowest BCUT2D eigenvalue weighted by Crippen LogP contribution is -2.37. The van der Waals surface area contributed by atoms with Crippen molar-refractivity contribution in [2.24, 2.45) is 0 Å². The van der Waals surface area contributed by atoms with Gasteiger partial charge < -0.3 is 18.9 Å². The van der Waals surface area contributed by atoms with Gasteiger partial charge in [-0.2, -0.15) is 0 Å². The first-order valence-electron chi connectivity index (χ1n) is 19.8. The zero-order chi connectivity index (χ0) is 40.3. The third kappa shape index (κ3) is 6.84. The Hall–Kier alpha value is -4.62. The van der Waals surface area contributed by atoms with Crippen LogP contribution in [0, 0.1) is 13.8 Å². The van der Waals surface area contributed by atoms with E-state index < -0.39 is 15.8 Å². The highest BCUT2D eigenvalue weighted by molar-refractivity contribution is 7.80. The maximum atomic E-state index is 5.67. The van der Waals surface area contributed by atoms with Crippen LogP contribution in [0.15, 0.2) is 121 Å². The molecule has 0 atom stereocenters. The average Bonchev–Trinajstić information content (AvgIpc) is 3.57. The van der Waals surface area contributed by atoms with Gasteiger partial charge in [0.05, 0.1) is 28.4 Å². The Kier molecular flexibility index (Phi) is 10.3. The minimum atomic E-state index is -0.967. The second-order valence-electron chi connectivity index (χ2n) is 17.1. The molecule has 4 nitrogen and oxygen atoms in total. The molecule has 1 spiro atoms. The summed E-state index contributed by atoms with van der Waals surface area (Å²) in [5.74, 6) is 3.47. The number of ether oxygens (including phenoxy) is 4. The summed E-state index contributed by atoms with van der Waals surface area (Å²) in [5.41, 5.74) is 8.33. The van der Waals surface area contributed by atoms with Crippen LogP contribution in [0.1, 0.15) is 73.9 Å². The van der Waals surface area contributed by atoms with Crippen LogP contribution in [0.2, 0.25) is 0 Å². The molecule has 0 aromatic heterocycles. The van der Waals surface area contributed by atoms with Gasteiger partial charge in [0.1, 0.15) is 23.0 Å². The molecule has 6 heteroatoms. The van der Waals surface area contributed by atoms with E-state index in [0.29, 0.717) is 0 Å². The summed E-state index contributed by atoms with van der Waals surface area (Å²) in [6, 6.07) is 45.3. The number of fused-ring (bicyclic) bond motifs is 4. The molecule has 0 saturated heterocycles. The van der Waals surface area contributed by atoms with Crippen molar-refractivity contribution < 1.29 is 18.9 Å². The van der Waals surface area contributed by atoms with Gasteiger partial charge in [-0.25, -0.2) is 0 Å². The van der Waals surface area contributed by atoms with Crippen LogP contribution in [0.25, 0.3) is 0 Å². The van der Waals surface area contributed by atoms with Crippen LogP contribution in [-0.4, -0.2) is 28.4 Å². The van der Waals surface area contributed by atoms with E-state index in [1.165, 1.54) is 65.2 Å². The minimum Gasteiger partial charge on any atom is -0.497 e. The topological polar surface area (TPSA) is 36.9 Å². The number of aryl methyl sites for hydroxylation is 2. The van der Waals surface area contributed by atoms with E-state index in [9.17, 15) is 0 Å². The highest BCUT2D eigenvalue weighted by Crippen LogP contribution is 2.64. The van der Waals surface area contributed by atoms with E-state index in [0.717, 1.165) is 35.8 Å². The molecule has 0 N–H and O–H groups in total. The molecule has 292 valence electrons. The summed E-state index contributed by atoms with van der Waals surface area (Å²) in [6.45, 7) is 14.5. The Morgan fingerprint density at radius 3 is 0.912 bits per heavy atom. The molecule has 2 aliphatic carbocycles. The Morgan fingerprint density at radius 2 is 0.667 bits per heavy atom. The smallest absolute Gasteiger partial charge is 0.118 e. The molecule has 0 heterocycles. The van der Waals surface area contributed by atoms with Crippen LogP contribution >= 0.6 is 15.8 Å². The molecule has 2 aliphatic rings. The van der Waals surface area contributed by atoms with Crippen molar-refractivity contribution in [1.29, 1.82) is 0 Å². The van der Waals surface area contributed by atoms with Crippen molar-refractivity contribution in [3.63, 3.8) is 0 Å². The van der Waals surface area contributed by atoms with Crippen molar-refractivity contribution in [1.82, 2.24) is 0 Å². The van der Waals surface area contributed by atoms with E-state index in [1.807, 2.05) is 0 Å². The molecule has 0 radical (unpaired) electrons. The molecule has 0 bridgehead atoms. The quantitative estimate of drug-likeness (QED) is 0.130. The van der Waals surface area contributed by atoms with E-state index in [2.05, 4.69) is 163 Å². The fraction of sp³-hybridized carbons (Fsp3) is 0.294. The maximum absolute atomic E-state index is 5.67. The fourth-order valence-electron chi connectivity index (χ4n) is 9.98. The second kappa shape index (κ2) is 15.0. The molecule has 0 aliphatic heterocycles. The summed E-state index contributed by atoms with van der Waals surface area (Å²) in [4.78, 5) is 0. The second-order valence-corrected chi connectivity index (χ2v) is 21.5. The summed E-state index contributed by atoms with van der Waals surface area (Å²) < 4.78 is 22.7.